The molecule has 1 aliphatic rings. The third-order valence-electron chi connectivity index (χ3n) is 3.50. The third kappa shape index (κ3) is 3.34. The van der Waals surface area contributed by atoms with E-state index in [0.29, 0.717) is 5.82 Å². The second-order valence-corrected chi connectivity index (χ2v) is 7.50. The van der Waals surface area contributed by atoms with Crippen LogP contribution in [0.25, 0.3) is 0 Å². The molecule has 1 fully saturated rings. The SMILES string of the molecule is O=C(N[C@H](CO)c1ncn[nH]1)C1(Sc2ccc(Br)cc2)CC1. The van der Waals surface area contributed by atoms with Crippen molar-refractivity contribution in [3.8, 4) is 0 Å². The molecule has 3 rings (SSSR count). The molecule has 0 radical (unpaired) electrons. The number of hydrogen-bond acceptors (Lipinski definition) is 5. The summed E-state index contributed by atoms with van der Waals surface area (Å²) in [7, 11) is 0. The van der Waals surface area contributed by atoms with E-state index < -0.39 is 10.8 Å². The van der Waals surface area contributed by atoms with Crippen molar-refractivity contribution in [2.45, 2.75) is 28.5 Å². The number of H-pyrrole nitrogens is 1. The number of hydrogen-bond donors (Lipinski definition) is 3. The van der Waals surface area contributed by atoms with E-state index >= 15 is 0 Å². The van der Waals surface area contributed by atoms with Gasteiger partial charge >= 0.3 is 0 Å². The number of benzene rings is 1. The number of aromatic nitrogens is 3. The number of carbonyl (C=O) groups excluding carboxylic acids is 1. The summed E-state index contributed by atoms with van der Waals surface area (Å²) in [5.41, 5.74) is 0. The van der Waals surface area contributed by atoms with Gasteiger partial charge in [0, 0.05) is 9.37 Å². The van der Waals surface area contributed by atoms with Crippen molar-refractivity contribution in [1.82, 2.24) is 20.5 Å². The molecule has 6 nitrogen and oxygen atoms in total. The number of aromatic amines is 1. The number of nitrogens with zero attached hydrogens (tertiary/aromatic N) is 2. The molecule has 116 valence electrons. The molecule has 1 aromatic carbocycles. The molecule has 1 amide bonds. The Morgan fingerprint density at radius 3 is 2.73 bits per heavy atom. The normalized spacial score (nSPS) is 17.0. The fourth-order valence-electron chi connectivity index (χ4n) is 2.09. The summed E-state index contributed by atoms with van der Waals surface area (Å²) in [6.45, 7) is -0.222. The number of carbonyl (C=O) groups is 1. The zero-order valence-electron chi connectivity index (χ0n) is 11.6. The van der Waals surface area contributed by atoms with E-state index in [1.807, 2.05) is 24.3 Å². The van der Waals surface area contributed by atoms with Crippen molar-refractivity contribution in [1.29, 1.82) is 0 Å². The van der Waals surface area contributed by atoms with Gasteiger partial charge in [0.1, 0.15) is 18.2 Å². The minimum atomic E-state index is -0.557. The molecule has 0 unspecified atom stereocenters. The fourth-order valence-corrected chi connectivity index (χ4v) is 3.54. The van der Waals surface area contributed by atoms with Crippen LogP contribution in [0.15, 0.2) is 40.0 Å². The van der Waals surface area contributed by atoms with Gasteiger partial charge in [0.05, 0.1) is 11.4 Å². The number of halogens is 1. The van der Waals surface area contributed by atoms with Gasteiger partial charge in [-0.2, -0.15) is 5.10 Å². The van der Waals surface area contributed by atoms with Crippen molar-refractivity contribution in [2.24, 2.45) is 0 Å². The van der Waals surface area contributed by atoms with E-state index in [1.165, 1.54) is 6.33 Å². The zero-order chi connectivity index (χ0) is 15.6. The Morgan fingerprint density at radius 1 is 1.45 bits per heavy atom. The highest BCUT2D eigenvalue weighted by molar-refractivity contribution is 9.10. The molecule has 1 heterocycles. The number of nitrogens with one attached hydrogen (secondary N) is 2. The Balaban J connectivity index is 1.67. The maximum Gasteiger partial charge on any atom is 0.237 e. The Bertz CT molecular complexity index is 643. The number of thioether (sulfide) groups is 1. The van der Waals surface area contributed by atoms with Crippen LogP contribution in [0.3, 0.4) is 0 Å². The molecule has 0 saturated heterocycles. The van der Waals surface area contributed by atoms with Crippen molar-refractivity contribution >= 4 is 33.6 Å². The average molecular weight is 383 g/mol. The maximum atomic E-state index is 12.5. The number of amides is 1. The van der Waals surface area contributed by atoms with Gasteiger partial charge < -0.3 is 10.4 Å². The van der Waals surface area contributed by atoms with Gasteiger partial charge in [0.15, 0.2) is 0 Å². The lowest BCUT2D eigenvalue weighted by molar-refractivity contribution is -0.122. The first-order valence-electron chi connectivity index (χ1n) is 6.85. The quantitative estimate of drug-likeness (QED) is 0.710. The zero-order valence-corrected chi connectivity index (χ0v) is 14.0. The summed E-state index contributed by atoms with van der Waals surface area (Å²) in [6.07, 6.45) is 3.01. The van der Waals surface area contributed by atoms with Crippen LogP contribution in [-0.4, -0.2) is 37.5 Å². The molecule has 1 aliphatic carbocycles. The van der Waals surface area contributed by atoms with Gasteiger partial charge in [-0.3, -0.25) is 9.89 Å². The molecule has 0 aliphatic heterocycles. The summed E-state index contributed by atoms with van der Waals surface area (Å²) < 4.78 is 0.568. The van der Waals surface area contributed by atoms with Crippen LogP contribution < -0.4 is 5.32 Å². The average Bonchev–Trinajstić information content (AvgIpc) is 3.10. The van der Waals surface area contributed by atoms with E-state index in [1.54, 1.807) is 11.8 Å². The van der Waals surface area contributed by atoms with Crippen molar-refractivity contribution in [2.75, 3.05) is 6.61 Å². The van der Waals surface area contributed by atoms with E-state index in [-0.39, 0.29) is 12.5 Å². The topological polar surface area (TPSA) is 90.9 Å². The molecular formula is C14H15BrN4O2S. The predicted octanol–water partition coefficient (Wildman–Crippen LogP) is 2.04. The predicted molar refractivity (Wildman–Crippen MR) is 86.3 cm³/mol. The van der Waals surface area contributed by atoms with Gasteiger partial charge in [-0.15, -0.1) is 11.8 Å². The Kier molecular flexibility index (Phi) is 4.51. The minimum absolute atomic E-state index is 0.0733. The van der Waals surface area contributed by atoms with E-state index in [2.05, 4.69) is 36.4 Å². The number of aliphatic hydroxyl groups is 1. The lowest BCUT2D eigenvalue weighted by Crippen LogP contribution is -2.38. The largest absolute Gasteiger partial charge is 0.394 e. The van der Waals surface area contributed by atoms with Gasteiger partial charge in [-0.1, -0.05) is 15.9 Å². The first kappa shape index (κ1) is 15.5. The monoisotopic (exact) mass is 382 g/mol. The van der Waals surface area contributed by atoms with Crippen molar-refractivity contribution in [3.05, 3.63) is 40.9 Å². The summed E-state index contributed by atoms with van der Waals surface area (Å²) in [5, 5.41) is 18.7. The van der Waals surface area contributed by atoms with E-state index in [9.17, 15) is 9.90 Å². The summed E-state index contributed by atoms with van der Waals surface area (Å²) in [6, 6.07) is 7.34. The fraction of sp³-hybridized carbons (Fsp3) is 0.357. The highest BCUT2D eigenvalue weighted by Crippen LogP contribution is 2.52. The molecule has 8 heteroatoms. The second-order valence-electron chi connectivity index (χ2n) is 5.13. The molecule has 0 bridgehead atoms. The Labute approximate surface area is 140 Å². The van der Waals surface area contributed by atoms with Crippen LogP contribution in [0.5, 0.6) is 0 Å². The van der Waals surface area contributed by atoms with Gasteiger partial charge in [0.2, 0.25) is 5.91 Å². The summed E-state index contributed by atoms with van der Waals surface area (Å²) in [4.78, 5) is 17.6. The smallest absolute Gasteiger partial charge is 0.237 e. The molecule has 1 saturated carbocycles. The van der Waals surface area contributed by atoms with Crippen LogP contribution in [-0.2, 0) is 4.79 Å². The van der Waals surface area contributed by atoms with Gasteiger partial charge in [-0.25, -0.2) is 4.98 Å². The highest BCUT2D eigenvalue weighted by Gasteiger charge is 2.51. The summed E-state index contributed by atoms with van der Waals surface area (Å²) >= 11 is 4.96. The van der Waals surface area contributed by atoms with Crippen LogP contribution in [0.4, 0.5) is 0 Å². The lowest BCUT2D eigenvalue weighted by atomic mass is 10.2. The molecule has 1 atom stereocenters. The molecule has 3 N–H and O–H groups in total. The van der Waals surface area contributed by atoms with Crippen LogP contribution in [0, 0.1) is 0 Å². The summed E-state index contributed by atoms with van der Waals surface area (Å²) in [5.74, 6) is 0.385. The molecular weight excluding hydrogens is 368 g/mol. The van der Waals surface area contributed by atoms with Gasteiger partial charge in [0.25, 0.3) is 0 Å². The van der Waals surface area contributed by atoms with E-state index in [0.717, 1.165) is 22.2 Å². The van der Waals surface area contributed by atoms with Crippen molar-refractivity contribution < 1.29 is 9.90 Å². The molecule has 2 aromatic rings. The molecule has 1 aromatic heterocycles. The molecule has 0 spiro atoms. The number of rotatable bonds is 6. The molecule has 22 heavy (non-hydrogen) atoms. The lowest BCUT2D eigenvalue weighted by Gasteiger charge is -2.19. The first-order chi connectivity index (χ1) is 10.6. The second kappa shape index (κ2) is 6.39. The maximum absolute atomic E-state index is 12.5. The highest BCUT2D eigenvalue weighted by atomic mass is 79.9. The van der Waals surface area contributed by atoms with Crippen LogP contribution in [0.1, 0.15) is 24.7 Å². The standard InChI is InChI=1S/C14H15BrN4O2S/c15-9-1-3-10(4-2-9)22-14(5-6-14)13(21)18-11(7-20)12-16-8-17-19-12/h1-4,8,11,20H,5-7H2,(H,18,21)(H,16,17,19)/t11-/m1/s1. The number of aliphatic hydroxyl groups excluding tert-OH is 1. The van der Waals surface area contributed by atoms with E-state index in [4.69, 9.17) is 0 Å². The van der Waals surface area contributed by atoms with Crippen LogP contribution >= 0.6 is 27.7 Å². The minimum Gasteiger partial charge on any atom is -0.394 e. The Hall–Kier alpha value is -1.38. The third-order valence-corrected chi connectivity index (χ3v) is 5.52. The van der Waals surface area contributed by atoms with Crippen molar-refractivity contribution in [3.63, 3.8) is 0 Å². The van der Waals surface area contributed by atoms with Gasteiger partial charge in [-0.05, 0) is 37.1 Å². The first-order valence-corrected chi connectivity index (χ1v) is 8.45. The van der Waals surface area contributed by atoms with Crippen LogP contribution in [0.2, 0.25) is 0 Å². The Morgan fingerprint density at radius 2 is 2.18 bits per heavy atom.